The molecular formula is C18H20ClN3O3. The smallest absolute Gasteiger partial charge is 0.291 e. The van der Waals surface area contributed by atoms with Crippen LogP contribution in [-0.2, 0) is 4.79 Å². The fourth-order valence-corrected chi connectivity index (χ4v) is 3.18. The van der Waals surface area contributed by atoms with E-state index in [0.717, 1.165) is 19.3 Å². The largest absolute Gasteiger partial charge is 0.459 e. The molecule has 25 heavy (non-hydrogen) atoms. The Morgan fingerprint density at radius 2 is 1.88 bits per heavy atom. The van der Waals surface area contributed by atoms with Gasteiger partial charge in [0.05, 0.1) is 22.5 Å². The van der Waals surface area contributed by atoms with Gasteiger partial charge in [0.2, 0.25) is 5.91 Å². The second-order valence-electron chi connectivity index (χ2n) is 6.30. The Balaban J connectivity index is 1.67. The van der Waals surface area contributed by atoms with Crippen LogP contribution in [0, 0.1) is 0 Å². The maximum absolute atomic E-state index is 12.5. The van der Waals surface area contributed by atoms with Crippen molar-refractivity contribution in [3.8, 4) is 0 Å². The molecule has 0 spiro atoms. The van der Waals surface area contributed by atoms with Crippen molar-refractivity contribution >= 4 is 34.8 Å². The van der Waals surface area contributed by atoms with Gasteiger partial charge in [0.25, 0.3) is 5.91 Å². The standard InChI is InChI=1S/C18H20ClN3O3/c19-13-11-12(21-17(24)18(20)8-2-1-3-9-18)6-7-14(13)22-16(23)15-5-4-10-25-15/h4-7,10-11H,1-3,8-9,20H2,(H,21,24)(H,22,23). The SMILES string of the molecule is NC1(C(=O)Nc2ccc(NC(=O)c3ccco3)c(Cl)c2)CCCCC1. The zero-order valence-corrected chi connectivity index (χ0v) is 14.4. The highest BCUT2D eigenvalue weighted by molar-refractivity contribution is 6.34. The Labute approximate surface area is 150 Å². The normalized spacial score (nSPS) is 16.2. The number of nitrogens with one attached hydrogen (secondary N) is 2. The first kappa shape index (κ1) is 17.5. The van der Waals surface area contributed by atoms with Gasteiger partial charge in [-0.25, -0.2) is 0 Å². The summed E-state index contributed by atoms with van der Waals surface area (Å²) < 4.78 is 5.04. The summed E-state index contributed by atoms with van der Waals surface area (Å²) in [6.45, 7) is 0. The van der Waals surface area contributed by atoms with Crippen LogP contribution < -0.4 is 16.4 Å². The summed E-state index contributed by atoms with van der Waals surface area (Å²) in [7, 11) is 0. The van der Waals surface area contributed by atoms with Crippen molar-refractivity contribution in [2.24, 2.45) is 5.73 Å². The Kier molecular flexibility index (Phi) is 5.11. The molecule has 1 heterocycles. The molecule has 0 unspecified atom stereocenters. The third-order valence-corrected chi connectivity index (χ3v) is 4.73. The number of hydrogen-bond acceptors (Lipinski definition) is 4. The first-order valence-corrected chi connectivity index (χ1v) is 8.60. The second-order valence-corrected chi connectivity index (χ2v) is 6.70. The van der Waals surface area contributed by atoms with Gasteiger partial charge >= 0.3 is 0 Å². The quantitative estimate of drug-likeness (QED) is 0.771. The van der Waals surface area contributed by atoms with E-state index in [-0.39, 0.29) is 11.7 Å². The van der Waals surface area contributed by atoms with Crippen molar-refractivity contribution in [1.29, 1.82) is 0 Å². The molecule has 1 aromatic heterocycles. The van der Waals surface area contributed by atoms with E-state index in [1.165, 1.54) is 6.26 Å². The van der Waals surface area contributed by atoms with Gasteiger partial charge in [0.15, 0.2) is 5.76 Å². The molecule has 132 valence electrons. The number of furan rings is 1. The Morgan fingerprint density at radius 1 is 1.12 bits per heavy atom. The van der Waals surface area contributed by atoms with Gasteiger partial charge < -0.3 is 20.8 Å². The predicted molar refractivity (Wildman–Crippen MR) is 96.7 cm³/mol. The summed E-state index contributed by atoms with van der Waals surface area (Å²) in [5, 5.41) is 5.80. The molecule has 1 aliphatic rings. The van der Waals surface area contributed by atoms with Crippen molar-refractivity contribution in [2.45, 2.75) is 37.6 Å². The summed E-state index contributed by atoms with van der Waals surface area (Å²) in [5.41, 5.74) is 6.38. The molecule has 0 saturated heterocycles. The number of carbonyl (C=O) groups excluding carboxylic acids is 2. The summed E-state index contributed by atoms with van der Waals surface area (Å²) in [6.07, 6.45) is 5.82. The lowest BCUT2D eigenvalue weighted by molar-refractivity contribution is -0.122. The van der Waals surface area contributed by atoms with Crippen molar-refractivity contribution in [3.63, 3.8) is 0 Å². The maximum atomic E-state index is 12.5. The first-order chi connectivity index (χ1) is 12.0. The number of nitrogens with two attached hydrogens (primary N) is 1. The number of amides is 2. The first-order valence-electron chi connectivity index (χ1n) is 8.23. The number of benzene rings is 1. The second kappa shape index (κ2) is 7.29. The van der Waals surface area contributed by atoms with Gasteiger partial charge in [0.1, 0.15) is 0 Å². The third-order valence-electron chi connectivity index (χ3n) is 4.42. The molecule has 0 atom stereocenters. The Bertz CT molecular complexity index is 768. The van der Waals surface area contributed by atoms with Gasteiger partial charge in [-0.05, 0) is 43.2 Å². The summed E-state index contributed by atoms with van der Waals surface area (Å²) in [5.74, 6) is -0.404. The zero-order valence-electron chi connectivity index (χ0n) is 13.7. The lowest BCUT2D eigenvalue weighted by atomic mass is 9.82. The minimum atomic E-state index is -0.823. The topological polar surface area (TPSA) is 97.4 Å². The van der Waals surface area contributed by atoms with Crippen LogP contribution in [0.4, 0.5) is 11.4 Å². The van der Waals surface area contributed by atoms with Crippen molar-refractivity contribution in [2.75, 3.05) is 10.6 Å². The van der Waals surface area contributed by atoms with E-state index in [4.69, 9.17) is 21.8 Å². The van der Waals surface area contributed by atoms with Crippen LogP contribution in [0.25, 0.3) is 0 Å². The molecule has 1 fully saturated rings. The molecule has 1 aromatic carbocycles. The van der Waals surface area contributed by atoms with Crippen LogP contribution in [0.15, 0.2) is 41.0 Å². The van der Waals surface area contributed by atoms with Crippen molar-refractivity contribution in [1.82, 2.24) is 0 Å². The Morgan fingerprint density at radius 3 is 2.52 bits per heavy atom. The van der Waals surface area contributed by atoms with E-state index in [9.17, 15) is 9.59 Å². The number of anilines is 2. The van der Waals surface area contributed by atoms with Crippen LogP contribution in [-0.4, -0.2) is 17.4 Å². The number of rotatable bonds is 4. The van der Waals surface area contributed by atoms with Gasteiger partial charge in [0, 0.05) is 5.69 Å². The summed E-state index contributed by atoms with van der Waals surface area (Å²) >= 11 is 6.21. The van der Waals surface area contributed by atoms with E-state index < -0.39 is 11.4 Å². The lowest BCUT2D eigenvalue weighted by Crippen LogP contribution is -2.52. The number of hydrogen-bond donors (Lipinski definition) is 3. The molecule has 0 bridgehead atoms. The summed E-state index contributed by atoms with van der Waals surface area (Å²) in [4.78, 5) is 24.4. The van der Waals surface area contributed by atoms with Gasteiger partial charge in [-0.3, -0.25) is 9.59 Å². The van der Waals surface area contributed by atoms with Crippen molar-refractivity contribution in [3.05, 3.63) is 47.4 Å². The minimum Gasteiger partial charge on any atom is -0.459 e. The summed E-state index contributed by atoms with van der Waals surface area (Å²) in [6, 6.07) is 8.08. The van der Waals surface area contributed by atoms with Crippen LogP contribution in [0.2, 0.25) is 5.02 Å². The van der Waals surface area contributed by atoms with E-state index in [2.05, 4.69) is 10.6 Å². The highest BCUT2D eigenvalue weighted by Gasteiger charge is 2.35. The molecule has 2 amide bonds. The fraction of sp³-hybridized carbons (Fsp3) is 0.333. The molecular weight excluding hydrogens is 342 g/mol. The maximum Gasteiger partial charge on any atom is 0.291 e. The Hall–Kier alpha value is -2.31. The van der Waals surface area contributed by atoms with E-state index in [1.54, 1.807) is 30.3 Å². The third kappa shape index (κ3) is 4.03. The number of carbonyl (C=O) groups is 2. The van der Waals surface area contributed by atoms with Crippen LogP contribution in [0.3, 0.4) is 0 Å². The average molecular weight is 362 g/mol. The zero-order chi connectivity index (χ0) is 17.9. The molecule has 6 nitrogen and oxygen atoms in total. The molecule has 0 aliphatic heterocycles. The molecule has 1 aliphatic carbocycles. The predicted octanol–water partition coefficient (Wildman–Crippen LogP) is 3.79. The molecule has 2 aromatic rings. The highest BCUT2D eigenvalue weighted by Crippen LogP contribution is 2.29. The highest BCUT2D eigenvalue weighted by atomic mass is 35.5. The molecule has 1 saturated carbocycles. The molecule has 4 N–H and O–H groups in total. The fourth-order valence-electron chi connectivity index (χ4n) is 2.95. The monoisotopic (exact) mass is 361 g/mol. The number of halogens is 1. The minimum absolute atomic E-state index is 0.191. The van der Waals surface area contributed by atoms with Gasteiger partial charge in [-0.15, -0.1) is 0 Å². The van der Waals surface area contributed by atoms with Gasteiger partial charge in [-0.2, -0.15) is 0 Å². The molecule has 3 rings (SSSR count). The van der Waals surface area contributed by atoms with Crippen LogP contribution in [0.1, 0.15) is 42.7 Å². The van der Waals surface area contributed by atoms with Crippen LogP contribution >= 0.6 is 11.6 Å². The lowest BCUT2D eigenvalue weighted by Gasteiger charge is -2.31. The molecule has 7 heteroatoms. The van der Waals surface area contributed by atoms with E-state index in [1.807, 2.05) is 0 Å². The average Bonchev–Trinajstić information content (AvgIpc) is 3.12. The molecule has 0 radical (unpaired) electrons. The van der Waals surface area contributed by atoms with E-state index >= 15 is 0 Å². The van der Waals surface area contributed by atoms with Crippen LogP contribution in [0.5, 0.6) is 0 Å². The van der Waals surface area contributed by atoms with Crippen molar-refractivity contribution < 1.29 is 14.0 Å². The van der Waals surface area contributed by atoms with E-state index in [0.29, 0.717) is 29.2 Å². The van der Waals surface area contributed by atoms with Gasteiger partial charge in [-0.1, -0.05) is 30.9 Å².